The summed E-state index contributed by atoms with van der Waals surface area (Å²) in [5, 5.41) is 2.56. The summed E-state index contributed by atoms with van der Waals surface area (Å²) in [5.74, 6) is 0.371. The number of aromatic nitrogens is 2. The lowest BCUT2D eigenvalue weighted by Gasteiger charge is -2.36. The van der Waals surface area contributed by atoms with Crippen molar-refractivity contribution in [1.82, 2.24) is 9.55 Å². The van der Waals surface area contributed by atoms with Gasteiger partial charge in [0.05, 0.1) is 21.9 Å². The quantitative estimate of drug-likeness (QED) is 0.308. The number of benzene rings is 1. The van der Waals surface area contributed by atoms with E-state index in [2.05, 4.69) is 18.2 Å². The maximum atomic E-state index is 13.7. The smallest absolute Gasteiger partial charge is 0.258 e. The van der Waals surface area contributed by atoms with E-state index in [1.165, 1.54) is 41.5 Å². The molecule has 3 aromatic rings. The third kappa shape index (κ3) is 3.17. The number of thiophene rings is 1. The fourth-order valence-corrected chi connectivity index (χ4v) is 6.77. The predicted molar refractivity (Wildman–Crippen MR) is 123 cm³/mol. The second-order valence-electron chi connectivity index (χ2n) is 8.18. The molecule has 2 aliphatic rings. The van der Waals surface area contributed by atoms with E-state index in [1.54, 1.807) is 4.57 Å². The van der Waals surface area contributed by atoms with Gasteiger partial charge >= 0.3 is 0 Å². The number of fused-ring (bicyclic) bond motifs is 4. The van der Waals surface area contributed by atoms with Crippen LogP contribution in [-0.2, 0) is 18.4 Å². The number of hydrogen-bond donors (Lipinski definition) is 0. The van der Waals surface area contributed by atoms with Crippen LogP contribution in [0, 0.1) is 0 Å². The van der Waals surface area contributed by atoms with Gasteiger partial charge in [0.15, 0.2) is 10.9 Å². The predicted octanol–water partition coefficient (Wildman–Crippen LogP) is 5.33. The minimum atomic E-state index is -0.0827. The largest absolute Gasteiger partial charge is 0.292 e. The van der Waals surface area contributed by atoms with Gasteiger partial charge in [0.2, 0.25) is 0 Å². The van der Waals surface area contributed by atoms with Crippen molar-refractivity contribution in [1.29, 1.82) is 0 Å². The van der Waals surface area contributed by atoms with Gasteiger partial charge in [0.25, 0.3) is 5.56 Å². The summed E-state index contributed by atoms with van der Waals surface area (Å²) in [6.45, 7) is 2.55. The number of hydrogen-bond acceptors (Lipinski definition) is 5. The van der Waals surface area contributed by atoms with Gasteiger partial charge in [-0.25, -0.2) is 4.98 Å². The van der Waals surface area contributed by atoms with Crippen molar-refractivity contribution in [2.75, 3.05) is 5.75 Å². The standard InChI is InChI=1S/C24H24N2O2S2/c1-2-26-22(28)20-21(25-23(26)30-15-18(27)19-10-7-13-29-19)17-9-4-3-8-16(17)14-24(20)11-5-6-12-24/h3-4,7-10,13H,2,5-6,11-12,14-15H2,1H3. The molecule has 2 aromatic heterocycles. The van der Waals surface area contributed by atoms with Gasteiger partial charge in [-0.05, 0) is 43.2 Å². The third-order valence-corrected chi connectivity index (χ3v) is 8.36. The number of ketones is 1. The molecule has 2 heterocycles. The minimum Gasteiger partial charge on any atom is -0.292 e. The van der Waals surface area contributed by atoms with Crippen molar-refractivity contribution < 1.29 is 4.79 Å². The average Bonchev–Trinajstić information content (AvgIpc) is 3.45. The zero-order valence-corrected chi connectivity index (χ0v) is 18.7. The summed E-state index contributed by atoms with van der Waals surface area (Å²) in [6, 6.07) is 12.1. The van der Waals surface area contributed by atoms with Crippen LogP contribution >= 0.6 is 23.1 Å². The molecule has 6 heteroatoms. The third-order valence-electron chi connectivity index (χ3n) is 6.47. The summed E-state index contributed by atoms with van der Waals surface area (Å²) >= 11 is 2.83. The van der Waals surface area contributed by atoms with E-state index < -0.39 is 0 Å². The van der Waals surface area contributed by atoms with E-state index in [9.17, 15) is 9.59 Å². The summed E-state index contributed by atoms with van der Waals surface area (Å²) in [6.07, 6.45) is 5.37. The Morgan fingerprint density at radius 1 is 1.20 bits per heavy atom. The topological polar surface area (TPSA) is 52.0 Å². The van der Waals surface area contributed by atoms with Crippen LogP contribution in [0.25, 0.3) is 11.3 Å². The molecule has 0 atom stereocenters. The molecular weight excluding hydrogens is 412 g/mol. The molecule has 1 aromatic carbocycles. The first-order chi connectivity index (χ1) is 14.6. The van der Waals surface area contributed by atoms with Gasteiger partial charge in [-0.15, -0.1) is 11.3 Å². The van der Waals surface area contributed by atoms with Gasteiger partial charge in [-0.2, -0.15) is 0 Å². The molecule has 2 aliphatic carbocycles. The molecule has 4 nitrogen and oxygen atoms in total. The number of Topliss-reactive ketones (excluding diaryl/α,β-unsaturated/α-hetero) is 1. The Kier molecular flexibility index (Phi) is 5.15. The zero-order valence-electron chi connectivity index (χ0n) is 17.0. The Bertz CT molecular complexity index is 1160. The van der Waals surface area contributed by atoms with E-state index >= 15 is 0 Å². The van der Waals surface area contributed by atoms with Crippen molar-refractivity contribution in [2.24, 2.45) is 0 Å². The van der Waals surface area contributed by atoms with Crippen LogP contribution in [0.2, 0.25) is 0 Å². The lowest BCUT2D eigenvalue weighted by molar-refractivity contribution is 0.102. The van der Waals surface area contributed by atoms with Crippen LogP contribution in [0.4, 0.5) is 0 Å². The summed E-state index contributed by atoms with van der Waals surface area (Å²) in [5.41, 5.74) is 4.13. The highest BCUT2D eigenvalue weighted by molar-refractivity contribution is 7.99. The SMILES string of the molecule is CCn1c(SCC(=O)c2cccs2)nc2c(c1=O)C1(CCCC1)Cc1ccccc1-2. The molecule has 0 aliphatic heterocycles. The number of carbonyl (C=O) groups is 1. The first kappa shape index (κ1) is 19.8. The maximum absolute atomic E-state index is 13.7. The first-order valence-electron chi connectivity index (χ1n) is 10.6. The van der Waals surface area contributed by atoms with Crippen LogP contribution in [0.5, 0.6) is 0 Å². The second kappa shape index (κ2) is 7.82. The van der Waals surface area contributed by atoms with E-state index in [0.29, 0.717) is 17.5 Å². The molecule has 1 fully saturated rings. The van der Waals surface area contributed by atoms with Gasteiger partial charge < -0.3 is 0 Å². The number of nitrogens with zero attached hydrogens (tertiary/aromatic N) is 2. The summed E-state index contributed by atoms with van der Waals surface area (Å²) in [4.78, 5) is 32.1. The molecular formula is C24H24N2O2S2. The first-order valence-corrected chi connectivity index (χ1v) is 12.4. The van der Waals surface area contributed by atoms with Gasteiger partial charge in [0, 0.05) is 17.5 Å². The molecule has 0 bridgehead atoms. The molecule has 1 spiro atoms. The van der Waals surface area contributed by atoms with Crippen molar-refractivity contribution in [2.45, 2.75) is 56.1 Å². The van der Waals surface area contributed by atoms with Crippen molar-refractivity contribution in [3.05, 3.63) is 68.1 Å². The molecule has 0 radical (unpaired) electrons. The molecule has 5 rings (SSSR count). The lowest BCUT2D eigenvalue weighted by Crippen LogP contribution is -2.40. The highest BCUT2D eigenvalue weighted by Gasteiger charge is 2.44. The Labute approximate surface area is 184 Å². The Morgan fingerprint density at radius 2 is 2.00 bits per heavy atom. The molecule has 0 saturated heterocycles. The van der Waals surface area contributed by atoms with Gasteiger partial charge in [-0.1, -0.05) is 54.9 Å². The second-order valence-corrected chi connectivity index (χ2v) is 10.1. The molecule has 1 saturated carbocycles. The zero-order chi connectivity index (χ0) is 20.7. The maximum Gasteiger partial charge on any atom is 0.258 e. The summed E-state index contributed by atoms with van der Waals surface area (Å²) in [7, 11) is 0. The van der Waals surface area contributed by atoms with Crippen LogP contribution < -0.4 is 5.56 Å². The molecule has 154 valence electrons. The Balaban J connectivity index is 1.62. The van der Waals surface area contributed by atoms with Gasteiger partial charge in [0.1, 0.15) is 0 Å². The minimum absolute atomic E-state index is 0.0808. The highest BCUT2D eigenvalue weighted by Crippen LogP contribution is 2.49. The van der Waals surface area contributed by atoms with E-state index in [-0.39, 0.29) is 16.8 Å². The number of thioether (sulfide) groups is 1. The normalized spacial score (nSPS) is 16.4. The highest BCUT2D eigenvalue weighted by atomic mass is 32.2. The molecule has 0 N–H and O–H groups in total. The van der Waals surface area contributed by atoms with Crippen LogP contribution in [0.15, 0.2) is 51.7 Å². The van der Waals surface area contributed by atoms with Crippen molar-refractivity contribution >= 4 is 28.9 Å². The van der Waals surface area contributed by atoms with E-state index in [4.69, 9.17) is 4.98 Å². The number of rotatable bonds is 5. The average molecular weight is 437 g/mol. The Hall–Kier alpha value is -2.18. The molecule has 0 unspecified atom stereocenters. The fraction of sp³-hybridized carbons (Fsp3) is 0.375. The summed E-state index contributed by atoms with van der Waals surface area (Å²) < 4.78 is 1.78. The van der Waals surface area contributed by atoms with Gasteiger partial charge in [-0.3, -0.25) is 14.2 Å². The van der Waals surface area contributed by atoms with Crippen LogP contribution in [0.1, 0.15) is 53.4 Å². The fourth-order valence-electron chi connectivity index (χ4n) is 5.07. The molecule has 30 heavy (non-hydrogen) atoms. The Morgan fingerprint density at radius 3 is 2.73 bits per heavy atom. The van der Waals surface area contributed by atoms with Crippen LogP contribution in [0.3, 0.4) is 0 Å². The van der Waals surface area contributed by atoms with Crippen molar-refractivity contribution in [3.8, 4) is 11.3 Å². The lowest BCUT2D eigenvalue weighted by atomic mass is 9.68. The number of carbonyl (C=O) groups excluding carboxylic acids is 1. The van der Waals surface area contributed by atoms with Crippen molar-refractivity contribution in [3.63, 3.8) is 0 Å². The van der Waals surface area contributed by atoms with E-state index in [0.717, 1.165) is 41.0 Å². The van der Waals surface area contributed by atoms with Crippen LogP contribution in [-0.4, -0.2) is 21.1 Å². The monoisotopic (exact) mass is 436 g/mol. The van der Waals surface area contributed by atoms with E-state index in [1.807, 2.05) is 30.5 Å². The molecule has 0 amide bonds.